The van der Waals surface area contributed by atoms with E-state index in [4.69, 9.17) is 9.47 Å². The van der Waals surface area contributed by atoms with Crippen LogP contribution in [0.25, 0.3) is 10.2 Å². The van der Waals surface area contributed by atoms with Gasteiger partial charge in [0, 0.05) is 6.07 Å². The van der Waals surface area contributed by atoms with Crippen molar-refractivity contribution in [3.05, 3.63) is 33.5 Å². The lowest BCUT2D eigenvalue weighted by Gasteiger charge is -2.12. The first kappa shape index (κ1) is 14.3. The maximum atomic E-state index is 5.37. The Morgan fingerprint density at radius 1 is 1.14 bits per heavy atom. The molecule has 7 heteroatoms. The predicted molar refractivity (Wildman–Crippen MR) is 93.0 cm³/mol. The number of benzene rings is 1. The van der Waals surface area contributed by atoms with E-state index in [1.54, 1.807) is 31.9 Å². The fourth-order valence-electron chi connectivity index (χ4n) is 1.95. The molecule has 0 radical (unpaired) electrons. The Morgan fingerprint density at radius 2 is 2.00 bits per heavy atom. The van der Waals surface area contributed by atoms with Crippen LogP contribution >= 0.6 is 33.9 Å². The van der Waals surface area contributed by atoms with Gasteiger partial charge in [0.25, 0.3) is 0 Å². The Balaban J connectivity index is 2.05. The molecule has 2 aromatic heterocycles. The topological polar surface area (TPSA) is 56.3 Å². The monoisotopic (exact) mass is 413 g/mol. The highest BCUT2D eigenvalue weighted by Crippen LogP contribution is 2.35. The maximum Gasteiger partial charge on any atom is 0.151 e. The van der Waals surface area contributed by atoms with Crippen LogP contribution in [0, 0.1) is 2.88 Å². The van der Waals surface area contributed by atoms with Crippen LogP contribution in [0.15, 0.2) is 30.6 Å². The first-order valence-corrected chi connectivity index (χ1v) is 8.00. The number of anilines is 2. The van der Waals surface area contributed by atoms with Gasteiger partial charge in [-0.1, -0.05) is 0 Å². The molecule has 0 aliphatic heterocycles. The lowest BCUT2D eigenvalue weighted by atomic mass is 10.2. The molecule has 5 nitrogen and oxygen atoms in total. The van der Waals surface area contributed by atoms with Crippen LogP contribution in [0.3, 0.4) is 0 Å². The smallest absolute Gasteiger partial charge is 0.151 e. The molecule has 0 amide bonds. The minimum Gasteiger partial charge on any atom is -0.497 e. The standard InChI is InChI=1S/C14H12IN3O2S/c1-19-8-3-4-11(20-2)9(5-8)18-14-13-10(16-7-17-14)6-12(15)21-13/h3-7H,1-2H3,(H,16,17,18). The van der Waals surface area contributed by atoms with Gasteiger partial charge in [-0.05, 0) is 40.8 Å². The van der Waals surface area contributed by atoms with Crippen LogP contribution in [-0.4, -0.2) is 24.2 Å². The van der Waals surface area contributed by atoms with Crippen molar-refractivity contribution >= 4 is 55.6 Å². The van der Waals surface area contributed by atoms with Crippen LogP contribution in [0.4, 0.5) is 11.5 Å². The lowest BCUT2D eigenvalue weighted by Crippen LogP contribution is -1.98. The third-order valence-electron chi connectivity index (χ3n) is 2.94. The zero-order valence-corrected chi connectivity index (χ0v) is 14.4. The predicted octanol–water partition coefficient (Wildman–Crippen LogP) is 4.06. The molecule has 0 unspecified atom stereocenters. The lowest BCUT2D eigenvalue weighted by molar-refractivity contribution is 0.405. The molecule has 0 bridgehead atoms. The largest absolute Gasteiger partial charge is 0.497 e. The summed E-state index contributed by atoms with van der Waals surface area (Å²) in [6.45, 7) is 0. The van der Waals surface area contributed by atoms with E-state index in [2.05, 4.69) is 37.9 Å². The molecule has 0 aliphatic rings. The van der Waals surface area contributed by atoms with Gasteiger partial charge in [0.05, 0.1) is 33.0 Å². The molecule has 108 valence electrons. The van der Waals surface area contributed by atoms with Crippen LogP contribution in [0.1, 0.15) is 0 Å². The Bertz CT molecular complexity index is 791. The van der Waals surface area contributed by atoms with Crippen molar-refractivity contribution in [3.63, 3.8) is 0 Å². The number of methoxy groups -OCH3 is 2. The number of aromatic nitrogens is 2. The summed E-state index contributed by atoms with van der Waals surface area (Å²) in [6, 6.07) is 7.63. The maximum absolute atomic E-state index is 5.37. The van der Waals surface area contributed by atoms with E-state index >= 15 is 0 Å². The minimum absolute atomic E-state index is 0.730. The molecule has 1 aromatic carbocycles. The van der Waals surface area contributed by atoms with Gasteiger partial charge in [0.2, 0.25) is 0 Å². The van der Waals surface area contributed by atoms with E-state index in [-0.39, 0.29) is 0 Å². The van der Waals surface area contributed by atoms with Crippen molar-refractivity contribution in [2.45, 2.75) is 0 Å². The number of hydrogen-bond donors (Lipinski definition) is 1. The summed E-state index contributed by atoms with van der Waals surface area (Å²) in [6.07, 6.45) is 1.56. The highest BCUT2D eigenvalue weighted by Gasteiger charge is 2.11. The Labute approximate surface area is 139 Å². The average Bonchev–Trinajstić information content (AvgIpc) is 2.88. The van der Waals surface area contributed by atoms with Gasteiger partial charge in [-0.2, -0.15) is 0 Å². The zero-order chi connectivity index (χ0) is 14.8. The second-order valence-electron chi connectivity index (χ2n) is 4.18. The molecule has 0 saturated heterocycles. The molecule has 21 heavy (non-hydrogen) atoms. The van der Waals surface area contributed by atoms with Crippen LogP contribution in [-0.2, 0) is 0 Å². The first-order chi connectivity index (χ1) is 10.2. The summed E-state index contributed by atoms with van der Waals surface area (Å²) < 4.78 is 12.8. The number of hydrogen-bond acceptors (Lipinski definition) is 6. The molecule has 0 aliphatic carbocycles. The number of thiophene rings is 1. The van der Waals surface area contributed by atoms with Gasteiger partial charge in [0.1, 0.15) is 17.8 Å². The van der Waals surface area contributed by atoms with E-state index in [0.717, 1.165) is 33.2 Å². The average molecular weight is 413 g/mol. The fourth-order valence-corrected chi connectivity index (χ4v) is 3.69. The van der Waals surface area contributed by atoms with Gasteiger partial charge in [-0.25, -0.2) is 9.97 Å². The number of nitrogens with zero attached hydrogens (tertiary/aromatic N) is 2. The van der Waals surface area contributed by atoms with Crippen molar-refractivity contribution in [1.82, 2.24) is 9.97 Å². The van der Waals surface area contributed by atoms with Gasteiger partial charge in [-0.3, -0.25) is 0 Å². The van der Waals surface area contributed by atoms with Crippen LogP contribution in [0.5, 0.6) is 11.5 Å². The summed E-state index contributed by atoms with van der Waals surface area (Å²) >= 11 is 3.93. The second kappa shape index (κ2) is 6.02. The molecule has 0 saturated carbocycles. The highest BCUT2D eigenvalue weighted by atomic mass is 127. The summed E-state index contributed by atoms with van der Waals surface area (Å²) in [5, 5.41) is 3.31. The van der Waals surface area contributed by atoms with Crippen molar-refractivity contribution in [2.24, 2.45) is 0 Å². The summed E-state index contributed by atoms with van der Waals surface area (Å²) in [7, 11) is 3.27. The van der Waals surface area contributed by atoms with Gasteiger partial charge in [-0.15, -0.1) is 11.3 Å². The summed E-state index contributed by atoms with van der Waals surface area (Å²) in [5.74, 6) is 2.25. The summed E-state index contributed by atoms with van der Waals surface area (Å²) in [4.78, 5) is 8.61. The number of rotatable bonds is 4. The quantitative estimate of drug-likeness (QED) is 0.654. The normalized spacial score (nSPS) is 10.6. The molecule has 3 rings (SSSR count). The molecule has 1 N–H and O–H groups in total. The minimum atomic E-state index is 0.730. The zero-order valence-electron chi connectivity index (χ0n) is 11.4. The molecule has 0 fully saturated rings. The third-order valence-corrected chi connectivity index (χ3v) is 4.83. The molecular formula is C14H12IN3O2S. The molecule has 3 aromatic rings. The Morgan fingerprint density at radius 3 is 2.76 bits per heavy atom. The van der Waals surface area contributed by atoms with E-state index in [1.807, 2.05) is 24.3 Å². The first-order valence-electron chi connectivity index (χ1n) is 6.10. The number of ether oxygens (including phenoxy) is 2. The molecule has 2 heterocycles. The van der Waals surface area contributed by atoms with Crippen molar-refractivity contribution in [1.29, 1.82) is 0 Å². The van der Waals surface area contributed by atoms with Gasteiger partial charge in [0.15, 0.2) is 5.82 Å². The molecule has 0 atom stereocenters. The van der Waals surface area contributed by atoms with E-state index in [0.29, 0.717) is 0 Å². The van der Waals surface area contributed by atoms with Crippen LogP contribution in [0.2, 0.25) is 0 Å². The third kappa shape index (κ3) is 2.88. The SMILES string of the molecule is COc1ccc(OC)c(Nc2ncnc3cc(I)sc23)c1. The number of halogens is 1. The Hall–Kier alpha value is -1.61. The van der Waals surface area contributed by atoms with Crippen molar-refractivity contribution in [2.75, 3.05) is 19.5 Å². The molecule has 0 spiro atoms. The van der Waals surface area contributed by atoms with E-state index in [9.17, 15) is 0 Å². The molecular weight excluding hydrogens is 401 g/mol. The summed E-state index contributed by atoms with van der Waals surface area (Å²) in [5.41, 5.74) is 1.74. The van der Waals surface area contributed by atoms with Crippen molar-refractivity contribution in [3.8, 4) is 11.5 Å². The van der Waals surface area contributed by atoms with Crippen molar-refractivity contribution < 1.29 is 9.47 Å². The second-order valence-corrected chi connectivity index (χ2v) is 7.12. The van der Waals surface area contributed by atoms with Gasteiger partial charge >= 0.3 is 0 Å². The number of fused-ring (bicyclic) bond motifs is 1. The fraction of sp³-hybridized carbons (Fsp3) is 0.143. The van der Waals surface area contributed by atoms with E-state index in [1.165, 1.54) is 2.88 Å². The Kier molecular flexibility index (Phi) is 4.11. The van der Waals surface area contributed by atoms with E-state index < -0.39 is 0 Å². The van der Waals surface area contributed by atoms with Crippen LogP contribution < -0.4 is 14.8 Å². The van der Waals surface area contributed by atoms with Gasteiger partial charge < -0.3 is 14.8 Å². The highest BCUT2D eigenvalue weighted by molar-refractivity contribution is 14.1. The number of nitrogens with one attached hydrogen (secondary N) is 1.